The molecule has 0 bridgehead atoms. The topological polar surface area (TPSA) is 42.7 Å². The molecule has 2 rings (SSSR count). The molecule has 0 aromatic carbocycles. The second kappa shape index (κ2) is 3.46. The van der Waals surface area contributed by atoms with Gasteiger partial charge in [0.25, 0.3) is 0 Å². The van der Waals surface area contributed by atoms with Gasteiger partial charge in [0, 0.05) is 7.05 Å². The first-order valence-corrected chi connectivity index (χ1v) is 4.85. The summed E-state index contributed by atoms with van der Waals surface area (Å²) in [5.41, 5.74) is 1.20. The minimum atomic E-state index is 0.448. The fraction of sp³-hybridized carbons (Fsp3) is 0.778. The van der Waals surface area contributed by atoms with Crippen molar-refractivity contribution >= 4 is 0 Å². The summed E-state index contributed by atoms with van der Waals surface area (Å²) in [5.74, 6) is 0.807. The van der Waals surface area contributed by atoms with Gasteiger partial charge in [-0.15, -0.1) is 5.10 Å². The van der Waals surface area contributed by atoms with E-state index in [1.165, 1.54) is 18.5 Å². The van der Waals surface area contributed by atoms with Gasteiger partial charge < -0.3 is 5.32 Å². The molecule has 72 valence electrons. The summed E-state index contributed by atoms with van der Waals surface area (Å²) in [7, 11) is 1.95. The minimum Gasteiger partial charge on any atom is -0.309 e. The van der Waals surface area contributed by atoms with Gasteiger partial charge in [-0.05, 0) is 25.3 Å². The molecule has 1 aromatic heterocycles. The highest BCUT2D eigenvalue weighted by molar-refractivity contribution is 5.03. The Kier molecular flexibility index (Phi) is 2.31. The lowest BCUT2D eigenvalue weighted by molar-refractivity contribution is 0.314. The Morgan fingerprint density at radius 2 is 2.46 bits per heavy atom. The Balaban J connectivity index is 2.12. The van der Waals surface area contributed by atoms with Crippen molar-refractivity contribution < 1.29 is 0 Å². The Morgan fingerprint density at radius 3 is 3.08 bits per heavy atom. The zero-order valence-corrected chi connectivity index (χ0v) is 8.20. The third-order valence-corrected chi connectivity index (χ3v) is 2.77. The molecule has 1 aliphatic heterocycles. The number of nitrogens with one attached hydrogen (secondary N) is 1. The molecule has 13 heavy (non-hydrogen) atoms. The van der Waals surface area contributed by atoms with Gasteiger partial charge in [0.1, 0.15) is 0 Å². The number of nitrogens with zero attached hydrogens (tertiary/aromatic N) is 3. The molecule has 0 radical (unpaired) electrons. The van der Waals surface area contributed by atoms with E-state index in [9.17, 15) is 0 Å². The maximum absolute atomic E-state index is 3.94. The molecule has 0 spiro atoms. The maximum Gasteiger partial charge on any atom is 0.0753 e. The standard InChI is InChI=1S/C9H16N4/c1-7-3-4-10-8(5-7)9-6-11-12-13(9)2/h6-8,10H,3-5H2,1-2H3. The summed E-state index contributed by atoms with van der Waals surface area (Å²) in [6.45, 7) is 3.41. The van der Waals surface area contributed by atoms with Gasteiger partial charge in [-0.3, -0.25) is 4.68 Å². The van der Waals surface area contributed by atoms with Gasteiger partial charge >= 0.3 is 0 Å². The highest BCUT2D eigenvalue weighted by Crippen LogP contribution is 2.25. The lowest BCUT2D eigenvalue weighted by Gasteiger charge is -2.27. The first-order valence-electron chi connectivity index (χ1n) is 4.85. The molecule has 2 atom stereocenters. The second-order valence-electron chi connectivity index (χ2n) is 3.92. The number of aryl methyl sites for hydroxylation is 1. The molecule has 4 nitrogen and oxygen atoms in total. The van der Waals surface area contributed by atoms with Crippen LogP contribution in [-0.2, 0) is 7.05 Å². The first-order chi connectivity index (χ1) is 6.27. The fourth-order valence-corrected chi connectivity index (χ4v) is 1.95. The summed E-state index contributed by atoms with van der Waals surface area (Å²) < 4.78 is 1.86. The van der Waals surface area contributed by atoms with Gasteiger partial charge in [-0.25, -0.2) is 0 Å². The van der Waals surface area contributed by atoms with Crippen LogP contribution >= 0.6 is 0 Å². The minimum absolute atomic E-state index is 0.448. The molecule has 4 heteroatoms. The van der Waals surface area contributed by atoms with Crippen molar-refractivity contribution in [3.8, 4) is 0 Å². The van der Waals surface area contributed by atoms with E-state index in [1.54, 1.807) is 0 Å². The largest absolute Gasteiger partial charge is 0.309 e. The van der Waals surface area contributed by atoms with Crippen molar-refractivity contribution in [2.24, 2.45) is 13.0 Å². The van der Waals surface area contributed by atoms with Crippen LogP contribution in [-0.4, -0.2) is 21.5 Å². The Bertz CT molecular complexity index is 281. The quantitative estimate of drug-likeness (QED) is 0.697. The van der Waals surface area contributed by atoms with Crippen LogP contribution < -0.4 is 5.32 Å². The van der Waals surface area contributed by atoms with Crippen molar-refractivity contribution in [3.63, 3.8) is 0 Å². The van der Waals surface area contributed by atoms with E-state index < -0.39 is 0 Å². The lowest BCUT2D eigenvalue weighted by atomic mass is 9.93. The number of hydrogen-bond donors (Lipinski definition) is 1. The SMILES string of the molecule is CC1CCNC(c2cnnn2C)C1. The predicted molar refractivity (Wildman–Crippen MR) is 50.1 cm³/mol. The number of rotatable bonds is 1. The van der Waals surface area contributed by atoms with Crippen LogP contribution in [0, 0.1) is 5.92 Å². The lowest BCUT2D eigenvalue weighted by Crippen LogP contribution is -2.31. The van der Waals surface area contributed by atoms with Gasteiger partial charge in [-0.2, -0.15) is 0 Å². The summed E-state index contributed by atoms with van der Waals surface area (Å²) in [5, 5.41) is 11.3. The molecule has 2 unspecified atom stereocenters. The van der Waals surface area contributed by atoms with Crippen LogP contribution in [0.4, 0.5) is 0 Å². The average Bonchev–Trinajstić information content (AvgIpc) is 2.51. The Labute approximate surface area is 78.3 Å². The van der Waals surface area contributed by atoms with Crippen molar-refractivity contribution in [2.75, 3.05) is 6.54 Å². The zero-order chi connectivity index (χ0) is 9.26. The number of hydrogen-bond acceptors (Lipinski definition) is 3. The van der Waals surface area contributed by atoms with Crippen LogP contribution in [0.15, 0.2) is 6.20 Å². The predicted octanol–water partition coefficient (Wildman–Crippen LogP) is 0.876. The van der Waals surface area contributed by atoms with E-state index in [-0.39, 0.29) is 0 Å². The van der Waals surface area contributed by atoms with E-state index >= 15 is 0 Å². The molecule has 1 saturated heterocycles. The smallest absolute Gasteiger partial charge is 0.0753 e. The first kappa shape index (κ1) is 8.69. The average molecular weight is 180 g/mol. The van der Waals surface area contributed by atoms with E-state index in [1.807, 2.05) is 17.9 Å². The van der Waals surface area contributed by atoms with Gasteiger partial charge in [0.15, 0.2) is 0 Å². The number of piperidine rings is 1. The Hall–Kier alpha value is -0.900. The highest BCUT2D eigenvalue weighted by Gasteiger charge is 2.21. The van der Waals surface area contributed by atoms with Crippen molar-refractivity contribution in [3.05, 3.63) is 11.9 Å². The van der Waals surface area contributed by atoms with E-state index in [4.69, 9.17) is 0 Å². The molecule has 1 N–H and O–H groups in total. The summed E-state index contributed by atoms with van der Waals surface area (Å²) in [6, 6.07) is 0.448. The third-order valence-electron chi connectivity index (χ3n) is 2.77. The zero-order valence-electron chi connectivity index (χ0n) is 8.20. The Morgan fingerprint density at radius 1 is 1.62 bits per heavy atom. The van der Waals surface area contributed by atoms with Gasteiger partial charge in [-0.1, -0.05) is 12.1 Å². The fourth-order valence-electron chi connectivity index (χ4n) is 1.95. The normalized spacial score (nSPS) is 29.1. The van der Waals surface area contributed by atoms with Gasteiger partial charge in [0.05, 0.1) is 17.9 Å². The van der Waals surface area contributed by atoms with Crippen molar-refractivity contribution in [1.29, 1.82) is 0 Å². The molecular weight excluding hydrogens is 164 g/mol. The summed E-state index contributed by atoms with van der Waals surface area (Å²) >= 11 is 0. The van der Waals surface area contributed by atoms with E-state index in [0.717, 1.165) is 12.5 Å². The molecule has 0 saturated carbocycles. The molecular formula is C9H16N4. The number of aromatic nitrogens is 3. The van der Waals surface area contributed by atoms with E-state index in [2.05, 4.69) is 22.6 Å². The van der Waals surface area contributed by atoms with Crippen LogP contribution in [0.3, 0.4) is 0 Å². The summed E-state index contributed by atoms with van der Waals surface area (Å²) in [6.07, 6.45) is 4.33. The van der Waals surface area contributed by atoms with Gasteiger partial charge in [0.2, 0.25) is 0 Å². The second-order valence-corrected chi connectivity index (χ2v) is 3.92. The molecule has 1 fully saturated rings. The molecule has 0 aliphatic carbocycles. The molecule has 1 aliphatic rings. The van der Waals surface area contributed by atoms with Crippen molar-refractivity contribution in [1.82, 2.24) is 20.3 Å². The van der Waals surface area contributed by atoms with Crippen LogP contribution in [0.1, 0.15) is 31.5 Å². The summed E-state index contributed by atoms with van der Waals surface area (Å²) in [4.78, 5) is 0. The van der Waals surface area contributed by atoms with Crippen molar-refractivity contribution in [2.45, 2.75) is 25.8 Å². The molecule has 0 amide bonds. The van der Waals surface area contributed by atoms with Crippen LogP contribution in [0.25, 0.3) is 0 Å². The monoisotopic (exact) mass is 180 g/mol. The van der Waals surface area contributed by atoms with Crippen LogP contribution in [0.2, 0.25) is 0 Å². The van der Waals surface area contributed by atoms with E-state index in [0.29, 0.717) is 6.04 Å². The van der Waals surface area contributed by atoms with Crippen LogP contribution in [0.5, 0.6) is 0 Å². The highest BCUT2D eigenvalue weighted by atomic mass is 15.4. The molecule has 1 aromatic rings. The molecule has 2 heterocycles. The maximum atomic E-state index is 3.94. The third kappa shape index (κ3) is 1.72.